The fourth-order valence-electron chi connectivity index (χ4n) is 3.41. The van der Waals surface area contributed by atoms with Gasteiger partial charge in [-0.05, 0) is 75.0 Å². The van der Waals surface area contributed by atoms with Crippen LogP contribution in [-0.2, 0) is 13.5 Å². The summed E-state index contributed by atoms with van der Waals surface area (Å²) >= 11 is 12.4. The van der Waals surface area contributed by atoms with Gasteiger partial charge in [0, 0.05) is 19.0 Å². The van der Waals surface area contributed by atoms with Crippen LogP contribution in [0.15, 0.2) is 34.9 Å². The number of rotatable bonds is 8. The Morgan fingerprint density at radius 1 is 1.22 bits per heavy atom. The van der Waals surface area contributed by atoms with Crippen LogP contribution >= 0.6 is 23.2 Å². The molecule has 3 rings (SSSR count). The summed E-state index contributed by atoms with van der Waals surface area (Å²) in [5.41, 5.74) is 1.46. The summed E-state index contributed by atoms with van der Waals surface area (Å²) in [5.74, 6) is -2.14. The highest BCUT2D eigenvalue weighted by atomic mass is 35.5. The first-order valence-electron chi connectivity index (χ1n) is 10.1. The van der Waals surface area contributed by atoms with Crippen LogP contribution in [0, 0.1) is 17.6 Å². The third-order valence-electron chi connectivity index (χ3n) is 5.01. The standard InChI is InChI=1S/C23H25Cl2F2N3O2/c1-23(2,3)28-11-14(7-13-5-6-17(26)18(27)8-13)9-19(31)20-10-15(22(25)32-20)21-16(24)12-29-30(21)4/h5-6,8,10,12,14,28H,7,9,11H2,1-4H3. The van der Waals surface area contributed by atoms with E-state index in [2.05, 4.69) is 10.4 Å². The number of ketones is 1. The summed E-state index contributed by atoms with van der Waals surface area (Å²) in [5, 5.41) is 7.88. The summed E-state index contributed by atoms with van der Waals surface area (Å²) in [7, 11) is 1.71. The van der Waals surface area contributed by atoms with Crippen LogP contribution in [0.3, 0.4) is 0 Å². The van der Waals surface area contributed by atoms with Gasteiger partial charge in [0.15, 0.2) is 23.2 Å². The van der Waals surface area contributed by atoms with E-state index in [1.165, 1.54) is 12.3 Å². The van der Waals surface area contributed by atoms with Crippen molar-refractivity contribution in [1.82, 2.24) is 15.1 Å². The summed E-state index contributed by atoms with van der Waals surface area (Å²) in [4.78, 5) is 13.0. The molecule has 0 saturated heterocycles. The minimum atomic E-state index is -0.910. The lowest BCUT2D eigenvalue weighted by Crippen LogP contribution is -2.40. The van der Waals surface area contributed by atoms with Crippen LogP contribution < -0.4 is 5.32 Å². The van der Waals surface area contributed by atoms with E-state index in [4.69, 9.17) is 27.6 Å². The highest BCUT2D eigenvalue weighted by molar-refractivity contribution is 6.35. The molecule has 0 amide bonds. The van der Waals surface area contributed by atoms with Crippen LogP contribution in [0.25, 0.3) is 11.3 Å². The van der Waals surface area contributed by atoms with Crippen molar-refractivity contribution in [3.8, 4) is 11.3 Å². The molecule has 9 heteroatoms. The van der Waals surface area contributed by atoms with E-state index in [1.807, 2.05) is 20.8 Å². The number of Topliss-reactive ketones (excluding diaryl/α,β-unsaturated/α-hetero) is 1. The van der Waals surface area contributed by atoms with E-state index in [9.17, 15) is 13.6 Å². The van der Waals surface area contributed by atoms with Crippen LogP contribution in [0.1, 0.15) is 43.3 Å². The number of nitrogens with one attached hydrogen (secondary N) is 1. The van der Waals surface area contributed by atoms with E-state index in [1.54, 1.807) is 17.8 Å². The third-order valence-corrected chi connectivity index (χ3v) is 5.57. The van der Waals surface area contributed by atoms with Crippen LogP contribution in [0.5, 0.6) is 0 Å². The Bertz CT molecular complexity index is 1100. The molecule has 172 valence electrons. The molecule has 0 saturated carbocycles. The third kappa shape index (κ3) is 5.97. The number of benzene rings is 1. The second kappa shape index (κ2) is 9.73. The predicted octanol–water partition coefficient (Wildman–Crippen LogP) is 6.08. The van der Waals surface area contributed by atoms with E-state index >= 15 is 0 Å². The number of nitrogens with zero attached hydrogens (tertiary/aromatic N) is 2. The highest BCUT2D eigenvalue weighted by Crippen LogP contribution is 2.36. The molecule has 1 atom stereocenters. The first kappa shape index (κ1) is 24.4. The minimum Gasteiger partial charge on any atom is -0.441 e. The second-order valence-corrected chi connectivity index (χ2v) is 9.59. The largest absolute Gasteiger partial charge is 0.441 e. The van der Waals surface area contributed by atoms with Crippen LogP contribution in [-0.4, -0.2) is 27.6 Å². The fraction of sp³-hybridized carbons (Fsp3) is 0.391. The Hall–Kier alpha value is -2.22. The molecule has 2 heterocycles. The lowest BCUT2D eigenvalue weighted by atomic mass is 9.92. The van der Waals surface area contributed by atoms with Crippen molar-refractivity contribution in [3.63, 3.8) is 0 Å². The van der Waals surface area contributed by atoms with Gasteiger partial charge in [-0.15, -0.1) is 0 Å². The molecule has 1 N–H and O–H groups in total. The molecule has 1 unspecified atom stereocenters. The molecule has 0 aliphatic heterocycles. The molecule has 3 aromatic rings. The molecule has 1 aromatic carbocycles. The van der Waals surface area contributed by atoms with E-state index in [0.29, 0.717) is 34.8 Å². The maximum Gasteiger partial charge on any atom is 0.203 e. The molecule has 0 spiro atoms. The van der Waals surface area contributed by atoms with Crippen molar-refractivity contribution in [2.24, 2.45) is 13.0 Å². The fourth-order valence-corrected chi connectivity index (χ4v) is 3.91. The first-order valence-corrected chi connectivity index (χ1v) is 10.9. The molecular weight excluding hydrogens is 459 g/mol. The number of carbonyl (C=O) groups excluding carboxylic acids is 1. The van der Waals surface area contributed by atoms with Gasteiger partial charge < -0.3 is 9.73 Å². The summed E-state index contributed by atoms with van der Waals surface area (Å²) in [6.07, 6.45) is 2.00. The lowest BCUT2D eigenvalue weighted by molar-refractivity contribution is 0.0931. The van der Waals surface area contributed by atoms with Gasteiger partial charge in [-0.25, -0.2) is 8.78 Å². The summed E-state index contributed by atoms with van der Waals surface area (Å²) in [6.45, 7) is 6.54. The van der Waals surface area contributed by atoms with Crippen molar-refractivity contribution in [3.05, 3.63) is 63.7 Å². The monoisotopic (exact) mass is 483 g/mol. The number of aryl methyl sites for hydroxylation is 1. The van der Waals surface area contributed by atoms with Gasteiger partial charge in [-0.2, -0.15) is 5.10 Å². The molecule has 0 aliphatic carbocycles. The van der Waals surface area contributed by atoms with Crippen molar-refractivity contribution < 1.29 is 18.0 Å². The molecule has 0 fully saturated rings. The summed E-state index contributed by atoms with van der Waals surface area (Å²) < 4.78 is 34.1. The molecule has 0 radical (unpaired) electrons. The zero-order valence-corrected chi connectivity index (χ0v) is 19.8. The number of furan rings is 1. The number of aromatic nitrogens is 2. The van der Waals surface area contributed by atoms with Crippen molar-refractivity contribution in [1.29, 1.82) is 0 Å². The van der Waals surface area contributed by atoms with Crippen molar-refractivity contribution >= 4 is 29.0 Å². The summed E-state index contributed by atoms with van der Waals surface area (Å²) in [6, 6.07) is 5.34. The minimum absolute atomic E-state index is 0.0452. The van der Waals surface area contributed by atoms with E-state index < -0.39 is 11.6 Å². The molecule has 32 heavy (non-hydrogen) atoms. The molecule has 5 nitrogen and oxygen atoms in total. The SMILES string of the molecule is Cn1ncc(Cl)c1-c1cc(C(=O)CC(CNC(C)(C)C)Cc2ccc(F)c(F)c2)oc1Cl. The first-order chi connectivity index (χ1) is 14.9. The average Bonchev–Trinajstić information content (AvgIpc) is 3.23. The Labute approximate surface area is 195 Å². The van der Waals surface area contributed by atoms with Gasteiger partial charge in [0.2, 0.25) is 5.22 Å². The lowest BCUT2D eigenvalue weighted by Gasteiger charge is -2.25. The Morgan fingerprint density at radius 3 is 2.53 bits per heavy atom. The average molecular weight is 484 g/mol. The van der Waals surface area contributed by atoms with Gasteiger partial charge in [-0.3, -0.25) is 9.48 Å². The maximum absolute atomic E-state index is 13.7. The number of hydrogen-bond acceptors (Lipinski definition) is 4. The molecule has 2 aromatic heterocycles. The van der Waals surface area contributed by atoms with Crippen LogP contribution in [0.2, 0.25) is 10.2 Å². The normalized spacial score (nSPS) is 12.9. The Kier molecular flexibility index (Phi) is 7.43. The van der Waals surface area contributed by atoms with Crippen molar-refractivity contribution in [2.75, 3.05) is 6.54 Å². The number of carbonyl (C=O) groups is 1. The van der Waals surface area contributed by atoms with Gasteiger partial charge >= 0.3 is 0 Å². The Balaban J connectivity index is 1.81. The zero-order valence-electron chi connectivity index (χ0n) is 18.3. The second-order valence-electron chi connectivity index (χ2n) is 8.84. The Morgan fingerprint density at radius 2 is 1.94 bits per heavy atom. The highest BCUT2D eigenvalue weighted by Gasteiger charge is 2.24. The van der Waals surface area contributed by atoms with E-state index in [0.717, 1.165) is 12.1 Å². The topological polar surface area (TPSA) is 60.1 Å². The van der Waals surface area contributed by atoms with Crippen molar-refractivity contribution in [2.45, 2.75) is 39.2 Å². The van der Waals surface area contributed by atoms with Gasteiger partial charge in [0.1, 0.15) is 0 Å². The molecule has 0 aliphatic rings. The van der Waals surface area contributed by atoms with Gasteiger partial charge in [0.25, 0.3) is 0 Å². The molecular formula is C23H25Cl2F2N3O2. The van der Waals surface area contributed by atoms with Gasteiger partial charge in [-0.1, -0.05) is 17.7 Å². The number of halogens is 4. The van der Waals surface area contributed by atoms with Gasteiger partial charge in [0.05, 0.1) is 22.5 Å². The zero-order chi connectivity index (χ0) is 23.6. The smallest absolute Gasteiger partial charge is 0.203 e. The van der Waals surface area contributed by atoms with E-state index in [-0.39, 0.29) is 34.6 Å². The predicted molar refractivity (Wildman–Crippen MR) is 121 cm³/mol. The molecule has 0 bridgehead atoms. The quantitative estimate of drug-likeness (QED) is 0.394. The van der Waals surface area contributed by atoms with Crippen LogP contribution in [0.4, 0.5) is 8.78 Å². The number of hydrogen-bond donors (Lipinski definition) is 1. The maximum atomic E-state index is 13.7.